The van der Waals surface area contributed by atoms with Crippen LogP contribution in [0.25, 0.3) is 0 Å². The molecular weight excluding hydrogens is 337 g/mol. The average Bonchev–Trinajstić information content (AvgIpc) is 2.91. The number of anilines is 1. The maximum Gasteiger partial charge on any atom is 0.143 e. The average molecular weight is 359 g/mol. The molecule has 0 amide bonds. The molecule has 0 bridgehead atoms. The quantitative estimate of drug-likeness (QED) is 0.804. The monoisotopic (exact) mass is 359 g/mol. The lowest BCUT2D eigenvalue weighted by molar-refractivity contribution is 0.660. The van der Waals surface area contributed by atoms with E-state index in [-0.39, 0.29) is 0 Å². The Balaban J connectivity index is 2.29. The Morgan fingerprint density at radius 1 is 1.22 bits per heavy atom. The highest BCUT2D eigenvalue weighted by Gasteiger charge is 2.22. The molecule has 0 spiro atoms. The van der Waals surface area contributed by atoms with Crippen LogP contribution in [0.3, 0.4) is 0 Å². The smallest absolute Gasteiger partial charge is 0.143 e. The molecule has 1 saturated carbocycles. The van der Waals surface area contributed by atoms with Crippen molar-refractivity contribution in [3.05, 3.63) is 15.1 Å². The molecule has 100 valence electrons. The van der Waals surface area contributed by atoms with Gasteiger partial charge in [0.15, 0.2) is 0 Å². The van der Waals surface area contributed by atoms with Gasteiger partial charge in [-0.15, -0.1) is 0 Å². The number of halogens is 1. The van der Waals surface area contributed by atoms with E-state index in [1.807, 2.05) is 0 Å². The minimum atomic E-state index is 0.592. The fourth-order valence-corrected chi connectivity index (χ4v) is 3.29. The Hall–Kier alpha value is -0.390. The fraction of sp³-hybridized carbons (Fsp3) is 0.714. The second-order valence-corrected chi connectivity index (χ2v) is 6.03. The zero-order chi connectivity index (χ0) is 13.0. The summed E-state index contributed by atoms with van der Waals surface area (Å²) in [6, 6.07) is 0. The minimum absolute atomic E-state index is 0.592. The van der Waals surface area contributed by atoms with Crippen LogP contribution >= 0.6 is 22.6 Å². The number of hydrogen-bond donors (Lipinski definition) is 1. The molecule has 1 N–H and O–H groups in total. The first-order valence-electron chi connectivity index (χ1n) is 7.06. The van der Waals surface area contributed by atoms with Crippen LogP contribution < -0.4 is 5.32 Å². The van der Waals surface area contributed by atoms with Gasteiger partial charge in [-0.3, -0.25) is 0 Å². The number of nitrogens with zero attached hydrogens (tertiary/aromatic N) is 2. The highest BCUT2D eigenvalue weighted by Crippen LogP contribution is 2.33. The second kappa shape index (κ2) is 6.68. The van der Waals surface area contributed by atoms with E-state index >= 15 is 0 Å². The van der Waals surface area contributed by atoms with E-state index < -0.39 is 0 Å². The summed E-state index contributed by atoms with van der Waals surface area (Å²) >= 11 is 2.37. The van der Waals surface area contributed by atoms with Gasteiger partial charge in [-0.2, -0.15) is 0 Å². The van der Waals surface area contributed by atoms with Crippen molar-refractivity contribution in [2.24, 2.45) is 0 Å². The highest BCUT2D eigenvalue weighted by molar-refractivity contribution is 14.1. The van der Waals surface area contributed by atoms with E-state index in [0.29, 0.717) is 5.92 Å². The van der Waals surface area contributed by atoms with Crippen molar-refractivity contribution in [1.29, 1.82) is 0 Å². The van der Waals surface area contributed by atoms with Crippen LogP contribution in [-0.2, 0) is 6.42 Å². The zero-order valence-electron chi connectivity index (χ0n) is 11.3. The molecule has 0 radical (unpaired) electrons. The number of rotatable bonds is 5. The molecule has 1 aliphatic rings. The molecular formula is C14H22IN3. The van der Waals surface area contributed by atoms with Gasteiger partial charge in [0.05, 0.1) is 9.26 Å². The third-order valence-corrected chi connectivity index (χ3v) is 4.67. The first-order valence-corrected chi connectivity index (χ1v) is 8.14. The maximum atomic E-state index is 4.78. The van der Waals surface area contributed by atoms with Crippen molar-refractivity contribution in [3.8, 4) is 0 Å². The van der Waals surface area contributed by atoms with Crippen molar-refractivity contribution >= 4 is 28.4 Å². The van der Waals surface area contributed by atoms with Crippen LogP contribution in [0, 0.1) is 3.57 Å². The van der Waals surface area contributed by atoms with Gasteiger partial charge in [0.2, 0.25) is 0 Å². The van der Waals surface area contributed by atoms with Crippen LogP contribution in [0.2, 0.25) is 0 Å². The molecule has 0 saturated heterocycles. The molecule has 1 heterocycles. The first-order chi connectivity index (χ1) is 8.76. The van der Waals surface area contributed by atoms with Crippen LogP contribution in [-0.4, -0.2) is 16.5 Å². The molecule has 2 rings (SSSR count). The Bertz CT molecular complexity index is 400. The van der Waals surface area contributed by atoms with Gasteiger partial charge in [0.1, 0.15) is 11.6 Å². The minimum Gasteiger partial charge on any atom is -0.369 e. The van der Waals surface area contributed by atoms with E-state index in [9.17, 15) is 0 Å². The molecule has 18 heavy (non-hydrogen) atoms. The summed E-state index contributed by atoms with van der Waals surface area (Å²) in [4.78, 5) is 9.55. The van der Waals surface area contributed by atoms with Crippen molar-refractivity contribution in [2.75, 3.05) is 11.9 Å². The largest absolute Gasteiger partial charge is 0.369 e. The molecule has 1 aromatic rings. The number of nitrogens with one attached hydrogen (secondary N) is 1. The van der Waals surface area contributed by atoms with Gasteiger partial charge in [-0.25, -0.2) is 9.97 Å². The second-order valence-electron chi connectivity index (χ2n) is 4.95. The summed E-state index contributed by atoms with van der Waals surface area (Å²) < 4.78 is 1.20. The molecule has 0 unspecified atom stereocenters. The molecule has 0 aliphatic heterocycles. The summed E-state index contributed by atoms with van der Waals surface area (Å²) in [6.07, 6.45) is 7.30. The predicted molar refractivity (Wildman–Crippen MR) is 84.1 cm³/mol. The Morgan fingerprint density at radius 2 is 1.94 bits per heavy atom. The van der Waals surface area contributed by atoms with Crippen LogP contribution in [0.4, 0.5) is 5.82 Å². The van der Waals surface area contributed by atoms with Crippen molar-refractivity contribution in [3.63, 3.8) is 0 Å². The molecule has 4 heteroatoms. The van der Waals surface area contributed by atoms with E-state index in [1.165, 1.54) is 34.9 Å². The topological polar surface area (TPSA) is 37.8 Å². The standard InChI is InChI=1S/C14H22IN3/c1-3-9-16-14-12(15)11(4-2)17-13(18-14)10-7-5-6-8-10/h10H,3-9H2,1-2H3,(H,16,17,18). The number of hydrogen-bond acceptors (Lipinski definition) is 3. The van der Waals surface area contributed by atoms with Gasteiger partial charge in [0.25, 0.3) is 0 Å². The Kier molecular flexibility index (Phi) is 5.21. The van der Waals surface area contributed by atoms with Gasteiger partial charge >= 0.3 is 0 Å². The van der Waals surface area contributed by atoms with E-state index in [4.69, 9.17) is 9.97 Å². The van der Waals surface area contributed by atoms with Gasteiger partial charge in [-0.1, -0.05) is 26.7 Å². The Labute approximate surface area is 123 Å². The molecule has 1 aliphatic carbocycles. The fourth-order valence-electron chi connectivity index (χ4n) is 2.47. The van der Waals surface area contributed by atoms with Gasteiger partial charge < -0.3 is 5.32 Å². The van der Waals surface area contributed by atoms with E-state index in [1.54, 1.807) is 0 Å². The van der Waals surface area contributed by atoms with E-state index in [2.05, 4.69) is 41.8 Å². The molecule has 1 aromatic heterocycles. The van der Waals surface area contributed by atoms with Crippen molar-refractivity contribution < 1.29 is 0 Å². The number of aromatic nitrogens is 2. The van der Waals surface area contributed by atoms with Crippen molar-refractivity contribution in [2.45, 2.75) is 58.3 Å². The van der Waals surface area contributed by atoms with Crippen molar-refractivity contribution in [1.82, 2.24) is 9.97 Å². The van der Waals surface area contributed by atoms with Crippen LogP contribution in [0.5, 0.6) is 0 Å². The SMILES string of the molecule is CCCNc1nc(C2CCCC2)nc(CC)c1I. The first kappa shape index (κ1) is 14.0. The lowest BCUT2D eigenvalue weighted by Gasteiger charge is -2.14. The summed E-state index contributed by atoms with van der Waals surface area (Å²) in [7, 11) is 0. The van der Waals surface area contributed by atoms with Gasteiger partial charge in [0, 0.05) is 12.5 Å². The normalized spacial score (nSPS) is 16.2. The summed E-state index contributed by atoms with van der Waals surface area (Å²) in [5.74, 6) is 2.71. The molecule has 1 fully saturated rings. The zero-order valence-corrected chi connectivity index (χ0v) is 13.5. The predicted octanol–water partition coefficient (Wildman–Crippen LogP) is 4.12. The summed E-state index contributed by atoms with van der Waals surface area (Å²) in [6.45, 7) is 5.34. The van der Waals surface area contributed by atoms with E-state index in [0.717, 1.165) is 31.0 Å². The summed E-state index contributed by atoms with van der Waals surface area (Å²) in [5.41, 5.74) is 1.20. The lowest BCUT2D eigenvalue weighted by Crippen LogP contribution is -2.12. The maximum absolute atomic E-state index is 4.78. The summed E-state index contributed by atoms with van der Waals surface area (Å²) in [5, 5.41) is 3.44. The number of aryl methyl sites for hydroxylation is 1. The molecule has 3 nitrogen and oxygen atoms in total. The molecule has 0 atom stereocenters. The van der Waals surface area contributed by atoms with Crippen LogP contribution in [0.1, 0.15) is 63.4 Å². The van der Waals surface area contributed by atoms with Crippen LogP contribution in [0.15, 0.2) is 0 Å². The third-order valence-electron chi connectivity index (χ3n) is 3.53. The van der Waals surface area contributed by atoms with Gasteiger partial charge in [-0.05, 0) is 48.3 Å². The highest BCUT2D eigenvalue weighted by atomic mass is 127. The third kappa shape index (κ3) is 3.13. The Morgan fingerprint density at radius 3 is 2.56 bits per heavy atom. The lowest BCUT2D eigenvalue weighted by atomic mass is 10.1. The molecule has 0 aromatic carbocycles.